The average Bonchev–Trinajstić information content (AvgIpc) is 3.29. The van der Waals surface area contributed by atoms with Crippen molar-refractivity contribution in [3.05, 3.63) is 11.6 Å². The second kappa shape index (κ2) is 8.48. The van der Waals surface area contributed by atoms with Crippen molar-refractivity contribution < 1.29 is 29.2 Å². The van der Waals surface area contributed by atoms with Gasteiger partial charge < -0.3 is 14.8 Å². The molecule has 35 heavy (non-hydrogen) atoms. The van der Waals surface area contributed by atoms with Gasteiger partial charge in [-0.2, -0.15) is 0 Å². The predicted octanol–water partition coefficient (Wildman–Crippen LogP) is 3.29. The van der Waals surface area contributed by atoms with Gasteiger partial charge in [-0.1, -0.05) is 30.5 Å². The molecule has 8 nitrogen and oxygen atoms in total. The number of rotatable bonds is 4. The van der Waals surface area contributed by atoms with E-state index >= 15 is 0 Å². The third-order valence-electron chi connectivity index (χ3n) is 9.93. The Labute approximate surface area is 206 Å². The molecule has 4 aliphatic carbocycles. The van der Waals surface area contributed by atoms with Crippen LogP contribution in [0.4, 0.5) is 0 Å². The fourth-order valence-electron chi connectivity index (χ4n) is 7.85. The number of fused-ring (bicyclic) bond motifs is 5. The van der Waals surface area contributed by atoms with Crippen molar-refractivity contribution in [2.45, 2.75) is 83.7 Å². The maximum atomic E-state index is 11.9. The molecule has 0 aromatic heterocycles. The topological polar surface area (TPSA) is 106 Å². The van der Waals surface area contributed by atoms with Crippen LogP contribution in [0.25, 0.3) is 0 Å². The molecule has 0 spiro atoms. The summed E-state index contributed by atoms with van der Waals surface area (Å²) in [6, 6.07) is 0. The lowest BCUT2D eigenvalue weighted by molar-refractivity contribution is -0.200. The van der Waals surface area contributed by atoms with Crippen molar-refractivity contribution in [3.8, 4) is 12.3 Å². The molecule has 4 fully saturated rings. The molecule has 0 unspecified atom stereocenters. The lowest BCUT2D eigenvalue weighted by atomic mass is 9.46. The highest BCUT2D eigenvalue weighted by atomic mass is 16.7. The molecule has 0 aromatic rings. The molecule has 3 saturated carbocycles. The highest BCUT2D eigenvalue weighted by Gasteiger charge is 2.63. The van der Waals surface area contributed by atoms with Crippen LogP contribution in [0.1, 0.15) is 78.1 Å². The van der Waals surface area contributed by atoms with Crippen LogP contribution in [-0.4, -0.2) is 45.9 Å². The number of nitrogens with zero attached hydrogens (tertiary/aromatic N) is 2. The van der Waals surface area contributed by atoms with E-state index in [-0.39, 0.29) is 23.7 Å². The number of amides is 2. The van der Waals surface area contributed by atoms with Gasteiger partial charge in [0.2, 0.25) is 6.61 Å². The number of carbonyl (C=O) groups excluding carboxylic acids is 3. The van der Waals surface area contributed by atoms with E-state index in [1.807, 2.05) is 0 Å². The summed E-state index contributed by atoms with van der Waals surface area (Å²) in [5.74, 6) is 2.46. The molecule has 6 atom stereocenters. The zero-order valence-electron chi connectivity index (χ0n) is 20.5. The Kier molecular flexibility index (Phi) is 5.83. The first kappa shape index (κ1) is 24.1. The molecular weight excluding hydrogens is 448 g/mol. The molecule has 0 radical (unpaired) electrons. The zero-order chi connectivity index (χ0) is 25.0. The number of hydrogen-bond donors (Lipinski definition) is 1. The van der Waals surface area contributed by atoms with Crippen LogP contribution in [0, 0.1) is 40.9 Å². The van der Waals surface area contributed by atoms with Crippen LogP contribution < -0.4 is 0 Å². The van der Waals surface area contributed by atoms with Gasteiger partial charge in [0.05, 0.1) is 5.71 Å². The standard InChI is InChI=1S/C27H34N2O6/c1-4-27(33)14-11-21-19-6-5-17-15-18(9-12-25(17,2)20(19)10-13-26(21,27)3)28-34-16-24(32)35-29-22(30)7-8-23(29)31/h1,15,19-21,33H,5-14,16H2,2-3H3/b28-18+/t19-,20+,21-,25+,26+,27-/m1/s1. The highest BCUT2D eigenvalue weighted by molar-refractivity contribution is 6.01. The molecule has 5 aliphatic rings. The summed E-state index contributed by atoms with van der Waals surface area (Å²) in [5.41, 5.74) is 1.08. The van der Waals surface area contributed by atoms with Gasteiger partial charge in [0.1, 0.15) is 5.60 Å². The summed E-state index contributed by atoms with van der Waals surface area (Å²) in [7, 11) is 0. The first-order valence-electron chi connectivity index (χ1n) is 12.8. The summed E-state index contributed by atoms with van der Waals surface area (Å²) in [4.78, 5) is 45.1. The van der Waals surface area contributed by atoms with Crippen molar-refractivity contribution in [3.63, 3.8) is 0 Å². The fraction of sp³-hybridized carbons (Fsp3) is 0.704. The quantitative estimate of drug-likeness (QED) is 0.375. The van der Waals surface area contributed by atoms with Crippen LogP contribution in [0.15, 0.2) is 16.8 Å². The average molecular weight is 483 g/mol. The van der Waals surface area contributed by atoms with Crippen molar-refractivity contribution in [1.29, 1.82) is 0 Å². The second-order valence-electron chi connectivity index (χ2n) is 11.4. The monoisotopic (exact) mass is 482 g/mol. The third kappa shape index (κ3) is 3.70. The number of oxime groups is 1. The van der Waals surface area contributed by atoms with Crippen LogP contribution in [0.2, 0.25) is 0 Å². The summed E-state index contributed by atoms with van der Waals surface area (Å²) in [6.45, 7) is 4.11. The molecule has 1 heterocycles. The number of imide groups is 1. The molecule has 1 saturated heterocycles. The van der Waals surface area contributed by atoms with Gasteiger partial charge in [0.15, 0.2) is 0 Å². The number of hydrogen-bond acceptors (Lipinski definition) is 7. The van der Waals surface area contributed by atoms with Gasteiger partial charge in [0, 0.05) is 18.3 Å². The van der Waals surface area contributed by atoms with Crippen molar-refractivity contribution in [1.82, 2.24) is 5.06 Å². The molecule has 1 aliphatic heterocycles. The first-order chi connectivity index (χ1) is 16.6. The number of terminal acetylenes is 1. The molecule has 1 N–H and O–H groups in total. The maximum Gasteiger partial charge on any atom is 0.373 e. The summed E-state index contributed by atoms with van der Waals surface area (Å²) >= 11 is 0. The Bertz CT molecular complexity index is 1040. The first-order valence-corrected chi connectivity index (χ1v) is 12.8. The predicted molar refractivity (Wildman–Crippen MR) is 126 cm³/mol. The van der Waals surface area contributed by atoms with Crippen molar-refractivity contribution in [2.24, 2.45) is 33.7 Å². The fourth-order valence-corrected chi connectivity index (χ4v) is 7.85. The van der Waals surface area contributed by atoms with Gasteiger partial charge >= 0.3 is 5.97 Å². The smallest absolute Gasteiger partial charge is 0.373 e. The number of aliphatic hydroxyl groups is 1. The van der Waals surface area contributed by atoms with E-state index in [0.29, 0.717) is 29.2 Å². The number of allylic oxidation sites excluding steroid dienone is 2. The third-order valence-corrected chi connectivity index (χ3v) is 9.93. The second-order valence-corrected chi connectivity index (χ2v) is 11.4. The Morgan fingerprint density at radius 2 is 1.83 bits per heavy atom. The van der Waals surface area contributed by atoms with Gasteiger partial charge in [-0.25, -0.2) is 4.79 Å². The van der Waals surface area contributed by atoms with Gasteiger partial charge in [-0.3, -0.25) is 9.59 Å². The Morgan fingerprint density at radius 3 is 2.54 bits per heavy atom. The maximum absolute atomic E-state index is 11.9. The minimum atomic E-state index is -0.986. The van der Waals surface area contributed by atoms with Gasteiger partial charge in [0.25, 0.3) is 11.8 Å². The summed E-state index contributed by atoms with van der Waals surface area (Å²) < 4.78 is 0. The molecule has 0 bridgehead atoms. The molecule has 2 amide bonds. The minimum absolute atomic E-state index is 0.0498. The van der Waals surface area contributed by atoms with Crippen LogP contribution in [0.5, 0.6) is 0 Å². The molecule has 188 valence electrons. The van der Waals surface area contributed by atoms with Crippen LogP contribution in [-0.2, 0) is 24.1 Å². The Balaban J connectivity index is 1.23. The van der Waals surface area contributed by atoms with Gasteiger partial charge in [-0.05, 0) is 80.6 Å². The van der Waals surface area contributed by atoms with Crippen LogP contribution in [0.3, 0.4) is 0 Å². The largest absolute Gasteiger partial charge is 0.383 e. The van der Waals surface area contributed by atoms with Crippen molar-refractivity contribution in [2.75, 3.05) is 6.61 Å². The summed E-state index contributed by atoms with van der Waals surface area (Å²) in [5, 5.41) is 15.8. The number of hydroxylamine groups is 2. The Hall–Kier alpha value is -2.66. The van der Waals surface area contributed by atoms with E-state index in [1.54, 1.807) is 0 Å². The zero-order valence-corrected chi connectivity index (χ0v) is 20.5. The molecule has 8 heteroatoms. The van der Waals surface area contributed by atoms with E-state index in [2.05, 4.69) is 31.0 Å². The molecule has 5 rings (SSSR count). The lowest BCUT2D eigenvalue weighted by Crippen LogP contribution is -2.54. The minimum Gasteiger partial charge on any atom is -0.383 e. The Morgan fingerprint density at radius 1 is 1.11 bits per heavy atom. The van der Waals surface area contributed by atoms with Crippen LogP contribution >= 0.6 is 0 Å². The van der Waals surface area contributed by atoms with E-state index in [9.17, 15) is 19.5 Å². The molecule has 0 aromatic carbocycles. The van der Waals surface area contributed by atoms with E-state index in [4.69, 9.17) is 16.1 Å². The number of carbonyl (C=O) groups is 3. The van der Waals surface area contributed by atoms with Crippen molar-refractivity contribution >= 4 is 23.5 Å². The normalized spacial score (nSPS) is 41.5. The van der Waals surface area contributed by atoms with E-state index in [1.165, 1.54) is 5.57 Å². The lowest BCUT2D eigenvalue weighted by Gasteiger charge is -2.58. The molecular formula is C27H34N2O6. The van der Waals surface area contributed by atoms with E-state index in [0.717, 1.165) is 50.7 Å². The SMILES string of the molecule is C#C[C@@]1(O)CC[C@@H]2[C@@H]3CCC4=C/C(=N/OCC(=O)ON5C(=O)CCC5=O)CC[C@]4(C)[C@H]3CC[C@@]21C. The highest BCUT2D eigenvalue weighted by Crippen LogP contribution is 2.67. The summed E-state index contributed by atoms with van der Waals surface area (Å²) in [6.07, 6.45) is 15.5. The van der Waals surface area contributed by atoms with Gasteiger partial charge in [-0.15, -0.1) is 11.5 Å². The van der Waals surface area contributed by atoms with E-state index < -0.39 is 30.0 Å².